The smallest absolute Gasteiger partial charge is 0.407 e. The molecule has 1 amide bonds. The number of hydrogen-bond acceptors (Lipinski definition) is 3. The molecule has 0 unspecified atom stereocenters. The van der Waals surface area contributed by atoms with Gasteiger partial charge in [0.15, 0.2) is 0 Å². The molecule has 0 heterocycles. The second-order valence-electron chi connectivity index (χ2n) is 4.69. The summed E-state index contributed by atoms with van der Waals surface area (Å²) >= 11 is 5.18. The summed E-state index contributed by atoms with van der Waals surface area (Å²) in [6.07, 6.45) is 2.44. The molecule has 0 saturated carbocycles. The van der Waals surface area contributed by atoms with Crippen LogP contribution in [0.25, 0.3) is 0 Å². The van der Waals surface area contributed by atoms with Crippen LogP contribution in [0.3, 0.4) is 0 Å². The Morgan fingerprint density at radius 2 is 2.00 bits per heavy atom. The van der Waals surface area contributed by atoms with Gasteiger partial charge in [0, 0.05) is 15.9 Å². The molecule has 0 saturated heterocycles. The first-order chi connectivity index (χ1) is 10.7. The fourth-order valence-corrected chi connectivity index (χ4v) is 3.05. The minimum atomic E-state index is -0.385. The van der Waals surface area contributed by atoms with Gasteiger partial charge in [0.05, 0.1) is 0 Å². The van der Waals surface area contributed by atoms with Crippen LogP contribution in [0.2, 0.25) is 0 Å². The van der Waals surface area contributed by atoms with Crippen molar-refractivity contribution >= 4 is 33.8 Å². The molecule has 2 aromatic carbocycles. The molecule has 1 N–H and O–H groups in total. The highest BCUT2D eigenvalue weighted by Crippen LogP contribution is 2.24. The Bertz CT molecular complexity index is 619. The third-order valence-corrected chi connectivity index (χ3v) is 4.45. The molecule has 0 bridgehead atoms. The number of carbonyl (C=O) groups excluding carboxylic acids is 1. The van der Waals surface area contributed by atoms with Crippen LogP contribution in [0, 0.1) is 0 Å². The van der Waals surface area contributed by atoms with Gasteiger partial charge in [-0.15, -0.1) is 11.8 Å². The monoisotopic (exact) mass is 379 g/mol. The van der Waals surface area contributed by atoms with E-state index in [4.69, 9.17) is 4.74 Å². The Morgan fingerprint density at radius 3 is 2.73 bits per heavy atom. The van der Waals surface area contributed by atoms with E-state index in [2.05, 4.69) is 33.4 Å². The number of benzene rings is 2. The second-order valence-corrected chi connectivity index (χ2v) is 6.46. The van der Waals surface area contributed by atoms with Gasteiger partial charge in [-0.2, -0.15) is 0 Å². The summed E-state index contributed by atoms with van der Waals surface area (Å²) in [5.41, 5.74) is 2.19. The van der Waals surface area contributed by atoms with Crippen LogP contribution < -0.4 is 5.32 Å². The molecule has 5 heteroatoms. The highest BCUT2D eigenvalue weighted by Gasteiger charge is 2.05. The van der Waals surface area contributed by atoms with Crippen LogP contribution in [0.1, 0.15) is 11.1 Å². The van der Waals surface area contributed by atoms with Crippen molar-refractivity contribution in [2.24, 2.45) is 0 Å². The van der Waals surface area contributed by atoms with Crippen molar-refractivity contribution in [3.05, 3.63) is 64.1 Å². The maximum atomic E-state index is 11.7. The Kier molecular flexibility index (Phi) is 6.80. The summed E-state index contributed by atoms with van der Waals surface area (Å²) < 4.78 is 6.23. The summed E-state index contributed by atoms with van der Waals surface area (Å²) in [6.45, 7) is 0.845. The number of halogens is 1. The van der Waals surface area contributed by atoms with E-state index in [1.165, 1.54) is 10.5 Å². The topological polar surface area (TPSA) is 38.3 Å². The van der Waals surface area contributed by atoms with Gasteiger partial charge in [-0.05, 0) is 42.0 Å². The predicted octanol–water partition coefficient (Wildman–Crippen LogP) is 4.64. The molecule has 0 atom stereocenters. The molecular formula is C17H18BrNO2S. The number of carbonyl (C=O) groups is 1. The summed E-state index contributed by atoms with van der Waals surface area (Å²) in [7, 11) is 0. The summed E-state index contributed by atoms with van der Waals surface area (Å²) in [5, 5.41) is 2.79. The molecular weight excluding hydrogens is 362 g/mol. The van der Waals surface area contributed by atoms with Gasteiger partial charge in [-0.25, -0.2) is 4.79 Å². The van der Waals surface area contributed by atoms with Gasteiger partial charge >= 0.3 is 6.09 Å². The van der Waals surface area contributed by atoms with Gasteiger partial charge in [0.1, 0.15) is 6.61 Å². The van der Waals surface area contributed by atoms with Crippen molar-refractivity contribution in [1.29, 1.82) is 0 Å². The number of ether oxygens (including phenoxy) is 1. The maximum absolute atomic E-state index is 11.7. The third-order valence-electron chi connectivity index (χ3n) is 3.12. The third kappa shape index (κ3) is 5.39. The summed E-state index contributed by atoms with van der Waals surface area (Å²) in [6, 6.07) is 15.8. The minimum absolute atomic E-state index is 0.291. The average molecular weight is 380 g/mol. The van der Waals surface area contributed by atoms with E-state index >= 15 is 0 Å². The SMILES string of the molecule is CSc1ccc(Br)cc1CCNC(=O)OCc1ccccc1. The van der Waals surface area contributed by atoms with Crippen LogP contribution in [0.5, 0.6) is 0 Å². The zero-order chi connectivity index (χ0) is 15.8. The van der Waals surface area contributed by atoms with Gasteiger partial charge in [0.2, 0.25) is 0 Å². The van der Waals surface area contributed by atoms with Gasteiger partial charge < -0.3 is 10.1 Å². The Balaban J connectivity index is 1.76. The van der Waals surface area contributed by atoms with Crippen LogP contribution in [-0.2, 0) is 17.8 Å². The van der Waals surface area contributed by atoms with Crippen LogP contribution in [-0.4, -0.2) is 18.9 Å². The van der Waals surface area contributed by atoms with Crippen LogP contribution >= 0.6 is 27.7 Å². The summed E-state index contributed by atoms with van der Waals surface area (Å²) in [5.74, 6) is 0. The predicted molar refractivity (Wildman–Crippen MR) is 94.3 cm³/mol. The zero-order valence-electron chi connectivity index (χ0n) is 12.3. The van der Waals surface area contributed by atoms with Crippen LogP contribution in [0.15, 0.2) is 57.9 Å². The molecule has 2 aromatic rings. The van der Waals surface area contributed by atoms with Crippen molar-refractivity contribution in [1.82, 2.24) is 5.32 Å². The second kappa shape index (κ2) is 8.86. The Morgan fingerprint density at radius 1 is 1.23 bits per heavy atom. The zero-order valence-corrected chi connectivity index (χ0v) is 14.7. The number of nitrogens with one attached hydrogen (secondary N) is 1. The largest absolute Gasteiger partial charge is 0.445 e. The molecule has 0 radical (unpaired) electrons. The molecule has 0 aliphatic heterocycles. The first kappa shape index (κ1) is 16.9. The molecule has 2 rings (SSSR count). The normalized spacial score (nSPS) is 10.3. The molecule has 0 aliphatic rings. The van der Waals surface area contributed by atoms with Gasteiger partial charge in [0.25, 0.3) is 0 Å². The highest BCUT2D eigenvalue weighted by molar-refractivity contribution is 9.10. The van der Waals surface area contributed by atoms with Crippen molar-refractivity contribution in [2.75, 3.05) is 12.8 Å². The summed E-state index contributed by atoms with van der Waals surface area (Å²) in [4.78, 5) is 12.9. The lowest BCUT2D eigenvalue weighted by atomic mass is 10.1. The Labute approximate surface area is 143 Å². The fourth-order valence-electron chi connectivity index (χ4n) is 2.02. The molecule has 3 nitrogen and oxygen atoms in total. The van der Waals surface area contributed by atoms with E-state index in [-0.39, 0.29) is 6.09 Å². The molecule has 0 fully saturated rings. The number of thioether (sulfide) groups is 1. The number of alkyl carbamates (subject to hydrolysis) is 1. The van der Waals surface area contributed by atoms with Crippen molar-refractivity contribution in [2.45, 2.75) is 17.9 Å². The van der Waals surface area contributed by atoms with Crippen molar-refractivity contribution < 1.29 is 9.53 Å². The lowest BCUT2D eigenvalue weighted by Crippen LogP contribution is -2.26. The minimum Gasteiger partial charge on any atom is -0.445 e. The van der Waals surface area contributed by atoms with Gasteiger partial charge in [-0.1, -0.05) is 46.3 Å². The van der Waals surface area contributed by atoms with Gasteiger partial charge in [-0.3, -0.25) is 0 Å². The fraction of sp³-hybridized carbons (Fsp3) is 0.235. The van der Waals surface area contributed by atoms with Crippen molar-refractivity contribution in [3.63, 3.8) is 0 Å². The average Bonchev–Trinajstić information content (AvgIpc) is 2.54. The number of rotatable bonds is 6. The lowest BCUT2D eigenvalue weighted by Gasteiger charge is -2.10. The van der Waals surface area contributed by atoms with E-state index in [0.29, 0.717) is 13.2 Å². The molecule has 22 heavy (non-hydrogen) atoms. The standard InChI is InChI=1S/C17H18BrNO2S/c1-22-16-8-7-15(18)11-14(16)9-10-19-17(20)21-12-13-5-3-2-4-6-13/h2-8,11H,9-10,12H2,1H3,(H,19,20). The van der Waals surface area contributed by atoms with E-state index in [1.54, 1.807) is 11.8 Å². The Hall–Kier alpha value is -1.46. The van der Waals surface area contributed by atoms with E-state index in [0.717, 1.165) is 16.5 Å². The quantitative estimate of drug-likeness (QED) is 0.742. The lowest BCUT2D eigenvalue weighted by molar-refractivity contribution is 0.140. The number of amides is 1. The van der Waals surface area contributed by atoms with E-state index in [9.17, 15) is 4.79 Å². The first-order valence-corrected chi connectivity index (χ1v) is 8.98. The maximum Gasteiger partial charge on any atom is 0.407 e. The molecule has 0 spiro atoms. The van der Waals surface area contributed by atoms with Crippen molar-refractivity contribution in [3.8, 4) is 0 Å². The van der Waals surface area contributed by atoms with E-state index in [1.807, 2.05) is 42.7 Å². The first-order valence-electron chi connectivity index (χ1n) is 6.96. The molecule has 0 aliphatic carbocycles. The highest BCUT2D eigenvalue weighted by atomic mass is 79.9. The van der Waals surface area contributed by atoms with E-state index < -0.39 is 0 Å². The van der Waals surface area contributed by atoms with Crippen LogP contribution in [0.4, 0.5) is 4.79 Å². The molecule has 116 valence electrons. The number of hydrogen-bond donors (Lipinski definition) is 1. The molecule has 0 aromatic heterocycles.